The zero-order chi connectivity index (χ0) is 17.5. The first-order chi connectivity index (χ1) is 12.2. The van der Waals surface area contributed by atoms with Crippen LogP contribution in [0.1, 0.15) is 31.7 Å². The summed E-state index contributed by atoms with van der Waals surface area (Å²) in [6.45, 7) is 5.30. The van der Waals surface area contributed by atoms with Crippen LogP contribution in [0.5, 0.6) is 0 Å². The Balaban J connectivity index is 1.41. The van der Waals surface area contributed by atoms with Gasteiger partial charge in [-0.15, -0.1) is 0 Å². The highest BCUT2D eigenvalue weighted by Gasteiger charge is 2.17. The van der Waals surface area contributed by atoms with E-state index < -0.39 is 0 Å². The molecule has 2 aromatic heterocycles. The molecule has 0 spiro atoms. The summed E-state index contributed by atoms with van der Waals surface area (Å²) in [5.74, 6) is 2.32. The van der Waals surface area contributed by atoms with Gasteiger partial charge in [-0.3, -0.25) is 9.78 Å². The molecule has 0 saturated carbocycles. The van der Waals surface area contributed by atoms with E-state index in [0.29, 0.717) is 17.5 Å². The maximum Gasteiger partial charge on any atom is 0.249 e. The Bertz CT molecular complexity index is 673. The van der Waals surface area contributed by atoms with Gasteiger partial charge in [-0.05, 0) is 45.0 Å². The Labute approximate surface area is 151 Å². The molecule has 1 atom stereocenters. The molecule has 1 aliphatic rings. The molecule has 1 amide bonds. The molecule has 1 fully saturated rings. The molecule has 1 aliphatic heterocycles. The molecule has 2 aromatic rings. The molecule has 0 unspecified atom stereocenters. The van der Waals surface area contributed by atoms with Crippen LogP contribution >= 0.6 is 11.8 Å². The lowest BCUT2D eigenvalue weighted by Gasteiger charge is -2.14. The first-order valence-electron chi connectivity index (χ1n) is 8.56. The largest absolute Gasteiger partial charge is 0.344 e. The van der Waals surface area contributed by atoms with Crippen LogP contribution in [0.2, 0.25) is 0 Å². The van der Waals surface area contributed by atoms with E-state index in [1.165, 1.54) is 25.9 Å². The van der Waals surface area contributed by atoms with E-state index in [2.05, 4.69) is 25.3 Å². The van der Waals surface area contributed by atoms with Gasteiger partial charge in [0, 0.05) is 30.3 Å². The maximum atomic E-state index is 12.1. The molecule has 0 aliphatic carbocycles. The number of likely N-dealkylation sites (tertiary alicyclic amines) is 1. The zero-order valence-corrected chi connectivity index (χ0v) is 15.2. The molecule has 1 saturated heterocycles. The van der Waals surface area contributed by atoms with Crippen LogP contribution in [0.15, 0.2) is 29.0 Å². The Kier molecular flexibility index (Phi) is 6.41. The van der Waals surface area contributed by atoms with Crippen molar-refractivity contribution in [3.05, 3.63) is 30.4 Å². The van der Waals surface area contributed by atoms with Crippen molar-refractivity contribution in [1.82, 2.24) is 25.3 Å². The summed E-state index contributed by atoms with van der Waals surface area (Å²) in [6, 6.07) is 3.32. The number of carbonyl (C=O) groups is 1. The van der Waals surface area contributed by atoms with Gasteiger partial charge in [-0.2, -0.15) is 16.7 Å². The third-order valence-electron chi connectivity index (χ3n) is 4.11. The highest BCUT2D eigenvalue weighted by molar-refractivity contribution is 7.99. The average molecular weight is 361 g/mol. The van der Waals surface area contributed by atoms with E-state index in [1.807, 2.05) is 19.1 Å². The number of nitrogens with zero attached hydrogens (tertiary/aromatic N) is 4. The number of hydrogen-bond donors (Lipinski definition) is 1. The van der Waals surface area contributed by atoms with Crippen LogP contribution in [0.25, 0.3) is 11.4 Å². The molecule has 8 heteroatoms. The summed E-state index contributed by atoms with van der Waals surface area (Å²) >= 11 is 1.66. The van der Waals surface area contributed by atoms with Gasteiger partial charge < -0.3 is 14.7 Å². The van der Waals surface area contributed by atoms with Crippen molar-refractivity contribution < 1.29 is 9.32 Å². The molecule has 0 radical (unpaired) electrons. The number of rotatable bonds is 8. The third-order valence-corrected chi connectivity index (χ3v) is 5.05. The fourth-order valence-electron chi connectivity index (χ4n) is 2.74. The second kappa shape index (κ2) is 8.96. The van der Waals surface area contributed by atoms with E-state index in [9.17, 15) is 4.79 Å². The number of nitrogens with one attached hydrogen (secondary N) is 1. The van der Waals surface area contributed by atoms with E-state index in [1.54, 1.807) is 24.2 Å². The second-order valence-electron chi connectivity index (χ2n) is 6.08. The van der Waals surface area contributed by atoms with Crippen molar-refractivity contribution in [2.75, 3.05) is 31.1 Å². The normalized spacial score (nSPS) is 16.0. The highest BCUT2D eigenvalue weighted by atomic mass is 32.2. The molecule has 25 heavy (non-hydrogen) atoms. The van der Waals surface area contributed by atoms with E-state index in [-0.39, 0.29) is 11.9 Å². The van der Waals surface area contributed by atoms with E-state index >= 15 is 0 Å². The molecule has 0 bridgehead atoms. The van der Waals surface area contributed by atoms with E-state index in [4.69, 9.17) is 4.52 Å². The van der Waals surface area contributed by atoms with Crippen molar-refractivity contribution in [3.63, 3.8) is 0 Å². The van der Waals surface area contributed by atoms with Gasteiger partial charge in [0.15, 0.2) is 0 Å². The van der Waals surface area contributed by atoms with Crippen LogP contribution in [0.4, 0.5) is 0 Å². The summed E-state index contributed by atoms with van der Waals surface area (Å²) in [4.78, 5) is 22.8. The first kappa shape index (κ1) is 17.9. The lowest BCUT2D eigenvalue weighted by molar-refractivity contribution is -0.119. The lowest BCUT2D eigenvalue weighted by atomic mass is 10.2. The van der Waals surface area contributed by atoms with Crippen LogP contribution in [-0.2, 0) is 4.79 Å². The minimum atomic E-state index is -0.310. The van der Waals surface area contributed by atoms with Gasteiger partial charge in [-0.1, -0.05) is 5.16 Å². The van der Waals surface area contributed by atoms with Gasteiger partial charge in [0.2, 0.25) is 17.6 Å². The molecule has 3 rings (SSSR count). The molecule has 0 aromatic carbocycles. The molecular formula is C17H23N5O2S. The van der Waals surface area contributed by atoms with Crippen LogP contribution in [0, 0.1) is 0 Å². The Morgan fingerprint density at radius 3 is 2.88 bits per heavy atom. The topological polar surface area (TPSA) is 84.2 Å². The Hall–Kier alpha value is -1.93. The fourth-order valence-corrected chi connectivity index (χ4v) is 3.54. The molecular weight excluding hydrogens is 338 g/mol. The predicted molar refractivity (Wildman–Crippen MR) is 97.1 cm³/mol. The minimum Gasteiger partial charge on any atom is -0.344 e. The van der Waals surface area contributed by atoms with Gasteiger partial charge >= 0.3 is 0 Å². The fraction of sp³-hybridized carbons (Fsp3) is 0.529. The molecule has 7 nitrogen and oxygen atoms in total. The molecule has 3 heterocycles. The summed E-state index contributed by atoms with van der Waals surface area (Å²) < 4.78 is 5.27. The van der Waals surface area contributed by atoms with Gasteiger partial charge in [0.25, 0.3) is 0 Å². The highest BCUT2D eigenvalue weighted by Crippen LogP contribution is 2.18. The standard InChI is InChI=1S/C17H23N5O2S/c1-13(17-20-16(21-24-17)14-4-6-18-7-5-14)19-15(23)12-25-11-10-22-8-2-3-9-22/h4-7,13H,2-3,8-12H2,1H3,(H,19,23)/t13-/m0/s1. The quantitative estimate of drug-likeness (QED) is 0.721. The summed E-state index contributed by atoms with van der Waals surface area (Å²) in [5.41, 5.74) is 0.834. The third kappa shape index (κ3) is 5.27. The minimum absolute atomic E-state index is 0.0115. The Morgan fingerprint density at radius 1 is 1.36 bits per heavy atom. The number of hydrogen-bond acceptors (Lipinski definition) is 7. The SMILES string of the molecule is C[C@H](NC(=O)CSCCN1CCCC1)c1nc(-c2ccncc2)no1. The van der Waals surface area contributed by atoms with Crippen molar-refractivity contribution in [2.45, 2.75) is 25.8 Å². The predicted octanol–water partition coefficient (Wildman–Crippen LogP) is 2.14. The maximum absolute atomic E-state index is 12.1. The van der Waals surface area contributed by atoms with Gasteiger partial charge in [0.05, 0.1) is 5.75 Å². The number of aromatic nitrogens is 3. The van der Waals surface area contributed by atoms with Gasteiger partial charge in [0.1, 0.15) is 6.04 Å². The Morgan fingerprint density at radius 2 is 2.12 bits per heavy atom. The average Bonchev–Trinajstić information content (AvgIpc) is 3.31. The van der Waals surface area contributed by atoms with Gasteiger partial charge in [-0.25, -0.2) is 0 Å². The second-order valence-corrected chi connectivity index (χ2v) is 7.19. The summed E-state index contributed by atoms with van der Waals surface area (Å²) in [7, 11) is 0. The smallest absolute Gasteiger partial charge is 0.249 e. The molecule has 1 N–H and O–H groups in total. The van der Waals surface area contributed by atoms with Crippen molar-refractivity contribution >= 4 is 17.7 Å². The van der Waals surface area contributed by atoms with Crippen LogP contribution in [-0.4, -0.2) is 57.1 Å². The van der Waals surface area contributed by atoms with Crippen LogP contribution < -0.4 is 5.32 Å². The lowest BCUT2D eigenvalue weighted by Crippen LogP contribution is -2.29. The first-order valence-corrected chi connectivity index (χ1v) is 9.71. The van der Waals surface area contributed by atoms with Crippen molar-refractivity contribution in [1.29, 1.82) is 0 Å². The summed E-state index contributed by atoms with van der Waals surface area (Å²) in [6.07, 6.45) is 5.95. The van der Waals surface area contributed by atoms with E-state index in [0.717, 1.165) is 17.9 Å². The number of carbonyl (C=O) groups excluding carboxylic acids is 1. The van der Waals surface area contributed by atoms with Crippen molar-refractivity contribution in [2.24, 2.45) is 0 Å². The van der Waals surface area contributed by atoms with Crippen molar-refractivity contribution in [3.8, 4) is 11.4 Å². The number of thioether (sulfide) groups is 1. The number of pyridine rings is 1. The van der Waals surface area contributed by atoms with Crippen LogP contribution in [0.3, 0.4) is 0 Å². The molecule has 134 valence electrons. The summed E-state index contributed by atoms with van der Waals surface area (Å²) in [5, 5.41) is 6.87. The number of amides is 1. The zero-order valence-electron chi connectivity index (χ0n) is 14.4. The monoisotopic (exact) mass is 361 g/mol.